The van der Waals surface area contributed by atoms with E-state index in [9.17, 15) is 4.79 Å². The summed E-state index contributed by atoms with van der Waals surface area (Å²) in [5.74, 6) is -0.301. The molecule has 0 spiro atoms. The second-order valence-electron chi connectivity index (χ2n) is 3.49. The van der Waals surface area contributed by atoms with Crippen molar-refractivity contribution >= 4 is 5.97 Å². The third-order valence-electron chi connectivity index (χ3n) is 2.44. The molecule has 3 nitrogen and oxygen atoms in total. The number of likely N-dealkylation sites (tertiary alicyclic amines) is 1. The average Bonchev–Trinajstić information content (AvgIpc) is 2.10. The lowest BCUT2D eigenvalue weighted by Crippen LogP contribution is -2.21. The van der Waals surface area contributed by atoms with Crippen LogP contribution in [0.15, 0.2) is 0 Å². The van der Waals surface area contributed by atoms with Gasteiger partial charge in [-0.2, -0.15) is 0 Å². The van der Waals surface area contributed by atoms with Crippen molar-refractivity contribution in [1.82, 2.24) is 4.90 Å². The minimum atomic E-state index is -0.669. The fourth-order valence-electron chi connectivity index (χ4n) is 1.72. The smallest absolute Gasteiger partial charge is 0.303 e. The van der Waals surface area contributed by atoms with Crippen LogP contribution >= 0.6 is 0 Å². The second-order valence-corrected chi connectivity index (χ2v) is 3.49. The maximum Gasteiger partial charge on any atom is 0.303 e. The molecule has 1 aliphatic heterocycles. The molecular formula is C8H15NO2. The molecule has 0 aromatic heterocycles. The summed E-state index contributed by atoms with van der Waals surface area (Å²) < 4.78 is 0. The van der Waals surface area contributed by atoms with Gasteiger partial charge in [-0.3, -0.25) is 4.79 Å². The molecule has 2 atom stereocenters. The summed E-state index contributed by atoms with van der Waals surface area (Å²) in [4.78, 5) is 12.6. The summed E-state index contributed by atoms with van der Waals surface area (Å²) in [5.41, 5.74) is 0. The highest BCUT2D eigenvalue weighted by Gasteiger charge is 2.27. The summed E-state index contributed by atoms with van der Waals surface area (Å²) in [6.07, 6.45) is 1.36. The quantitative estimate of drug-likeness (QED) is 0.644. The van der Waals surface area contributed by atoms with Crippen molar-refractivity contribution < 1.29 is 9.90 Å². The summed E-state index contributed by atoms with van der Waals surface area (Å²) in [6, 6.07) is 0.555. The molecule has 0 radical (unpaired) electrons. The Bertz CT molecular complexity index is 148. The van der Waals surface area contributed by atoms with Crippen LogP contribution in [0.2, 0.25) is 0 Å². The summed E-state index contributed by atoms with van der Waals surface area (Å²) in [6.45, 7) is 3.08. The number of aliphatic carboxylic acids is 1. The monoisotopic (exact) mass is 157 g/mol. The van der Waals surface area contributed by atoms with Crippen LogP contribution < -0.4 is 0 Å². The highest BCUT2D eigenvalue weighted by Crippen LogP contribution is 2.23. The summed E-state index contributed by atoms with van der Waals surface area (Å²) in [5, 5.41) is 8.53. The largest absolute Gasteiger partial charge is 0.481 e. The minimum absolute atomic E-state index is 0.328. The van der Waals surface area contributed by atoms with Crippen molar-refractivity contribution in [3.05, 3.63) is 0 Å². The lowest BCUT2D eigenvalue weighted by Gasteiger charge is -2.12. The van der Waals surface area contributed by atoms with Gasteiger partial charge in [0.25, 0.3) is 0 Å². The highest BCUT2D eigenvalue weighted by molar-refractivity contribution is 5.67. The van der Waals surface area contributed by atoms with Gasteiger partial charge < -0.3 is 10.0 Å². The molecule has 64 valence electrons. The first kappa shape index (κ1) is 8.53. The van der Waals surface area contributed by atoms with Gasteiger partial charge in [-0.1, -0.05) is 0 Å². The maximum absolute atomic E-state index is 10.4. The number of carbonyl (C=O) groups is 1. The van der Waals surface area contributed by atoms with Crippen LogP contribution in [0.4, 0.5) is 0 Å². The molecule has 1 heterocycles. The number of hydrogen-bond donors (Lipinski definition) is 1. The molecule has 1 saturated heterocycles. The first-order valence-electron chi connectivity index (χ1n) is 4.01. The predicted octanol–water partition coefficient (Wildman–Crippen LogP) is 0.801. The molecule has 0 bridgehead atoms. The average molecular weight is 157 g/mol. The van der Waals surface area contributed by atoms with Crippen LogP contribution in [-0.4, -0.2) is 35.6 Å². The van der Waals surface area contributed by atoms with Gasteiger partial charge in [0.2, 0.25) is 0 Å². The molecule has 1 aliphatic rings. The van der Waals surface area contributed by atoms with Crippen molar-refractivity contribution in [2.24, 2.45) is 5.92 Å². The molecule has 11 heavy (non-hydrogen) atoms. The van der Waals surface area contributed by atoms with E-state index < -0.39 is 5.97 Å². The zero-order valence-corrected chi connectivity index (χ0v) is 7.08. The Hall–Kier alpha value is -0.570. The van der Waals surface area contributed by atoms with Crippen molar-refractivity contribution in [1.29, 1.82) is 0 Å². The first-order valence-corrected chi connectivity index (χ1v) is 4.01. The van der Waals surface area contributed by atoms with Gasteiger partial charge in [-0.25, -0.2) is 0 Å². The zero-order chi connectivity index (χ0) is 8.43. The van der Waals surface area contributed by atoms with E-state index in [0.717, 1.165) is 13.0 Å². The second kappa shape index (κ2) is 3.22. The molecule has 0 saturated carbocycles. The van der Waals surface area contributed by atoms with Gasteiger partial charge in [0.05, 0.1) is 0 Å². The maximum atomic E-state index is 10.4. The van der Waals surface area contributed by atoms with Gasteiger partial charge in [0, 0.05) is 19.0 Å². The van der Waals surface area contributed by atoms with E-state index in [2.05, 4.69) is 11.8 Å². The van der Waals surface area contributed by atoms with Crippen LogP contribution in [0, 0.1) is 5.92 Å². The van der Waals surface area contributed by atoms with E-state index >= 15 is 0 Å². The minimum Gasteiger partial charge on any atom is -0.481 e. The molecule has 1 N–H and O–H groups in total. The standard InChI is InChI=1S/C8H15NO2/c1-6-3-7(4-8(10)11)5-9(6)2/h6-7H,3-5H2,1-2H3,(H,10,11). The lowest BCUT2D eigenvalue weighted by molar-refractivity contribution is -0.138. The Labute approximate surface area is 67.0 Å². The van der Waals surface area contributed by atoms with E-state index in [1.54, 1.807) is 0 Å². The van der Waals surface area contributed by atoms with Crippen LogP contribution in [0.25, 0.3) is 0 Å². The SMILES string of the molecule is CC1CC(CC(=O)O)CN1C. The normalized spacial score (nSPS) is 32.5. The number of rotatable bonds is 2. The van der Waals surface area contributed by atoms with E-state index in [-0.39, 0.29) is 0 Å². The molecule has 0 aromatic carbocycles. The number of carboxylic acids is 1. The molecular weight excluding hydrogens is 142 g/mol. The summed E-state index contributed by atoms with van der Waals surface area (Å²) >= 11 is 0. The zero-order valence-electron chi connectivity index (χ0n) is 7.08. The van der Waals surface area contributed by atoms with E-state index in [4.69, 9.17) is 5.11 Å². The molecule has 0 aromatic rings. The first-order chi connectivity index (χ1) is 5.09. The van der Waals surface area contributed by atoms with Gasteiger partial charge in [-0.05, 0) is 26.3 Å². The van der Waals surface area contributed by atoms with Gasteiger partial charge in [0.1, 0.15) is 0 Å². The van der Waals surface area contributed by atoms with E-state index in [1.807, 2.05) is 7.05 Å². The summed E-state index contributed by atoms with van der Waals surface area (Å²) in [7, 11) is 2.05. The van der Waals surface area contributed by atoms with E-state index in [1.165, 1.54) is 0 Å². The Kier molecular flexibility index (Phi) is 2.49. The Morgan fingerprint density at radius 1 is 1.73 bits per heavy atom. The number of nitrogens with zero attached hydrogens (tertiary/aromatic N) is 1. The third-order valence-corrected chi connectivity index (χ3v) is 2.44. The van der Waals surface area contributed by atoms with Gasteiger partial charge in [-0.15, -0.1) is 0 Å². The molecule has 1 fully saturated rings. The van der Waals surface area contributed by atoms with Crippen molar-refractivity contribution in [2.75, 3.05) is 13.6 Å². The lowest BCUT2D eigenvalue weighted by atomic mass is 10.0. The van der Waals surface area contributed by atoms with Gasteiger partial charge in [0.15, 0.2) is 0 Å². The van der Waals surface area contributed by atoms with Crippen LogP contribution in [0.5, 0.6) is 0 Å². The van der Waals surface area contributed by atoms with E-state index in [0.29, 0.717) is 18.4 Å². The highest BCUT2D eigenvalue weighted by atomic mass is 16.4. The van der Waals surface area contributed by atoms with Gasteiger partial charge >= 0.3 is 5.97 Å². The Balaban J connectivity index is 2.35. The Morgan fingerprint density at radius 3 is 2.73 bits per heavy atom. The van der Waals surface area contributed by atoms with Crippen molar-refractivity contribution in [2.45, 2.75) is 25.8 Å². The number of hydrogen-bond acceptors (Lipinski definition) is 2. The fraction of sp³-hybridized carbons (Fsp3) is 0.875. The molecule has 1 rings (SSSR count). The topological polar surface area (TPSA) is 40.5 Å². The van der Waals surface area contributed by atoms with Crippen LogP contribution in [0.3, 0.4) is 0 Å². The molecule has 2 unspecified atom stereocenters. The van der Waals surface area contributed by atoms with Crippen molar-refractivity contribution in [3.8, 4) is 0 Å². The Morgan fingerprint density at radius 2 is 2.36 bits per heavy atom. The number of carboxylic acid groups (broad SMARTS) is 1. The third kappa shape index (κ3) is 2.19. The van der Waals surface area contributed by atoms with Crippen LogP contribution in [-0.2, 0) is 4.79 Å². The molecule has 0 amide bonds. The van der Waals surface area contributed by atoms with Crippen molar-refractivity contribution in [3.63, 3.8) is 0 Å². The molecule has 3 heteroatoms. The van der Waals surface area contributed by atoms with Crippen LogP contribution in [0.1, 0.15) is 19.8 Å². The predicted molar refractivity (Wildman–Crippen MR) is 42.5 cm³/mol. The molecule has 0 aliphatic carbocycles. The fourth-order valence-corrected chi connectivity index (χ4v) is 1.72.